The van der Waals surface area contributed by atoms with E-state index in [0.717, 1.165) is 24.3 Å². The van der Waals surface area contributed by atoms with Crippen LogP contribution in [0.4, 0.5) is 22.2 Å². The van der Waals surface area contributed by atoms with Crippen LogP contribution in [-0.2, 0) is 4.74 Å². The number of aromatic nitrogens is 4. The summed E-state index contributed by atoms with van der Waals surface area (Å²) in [6.45, 7) is 2.72. The molecule has 1 fully saturated rings. The number of anilines is 3. The van der Waals surface area contributed by atoms with E-state index in [9.17, 15) is 4.79 Å². The molecule has 0 bridgehead atoms. The van der Waals surface area contributed by atoms with E-state index >= 15 is 0 Å². The van der Waals surface area contributed by atoms with Crippen LogP contribution >= 0.6 is 0 Å². The second-order valence-corrected chi connectivity index (χ2v) is 5.81. The molecule has 2 N–H and O–H groups in total. The summed E-state index contributed by atoms with van der Waals surface area (Å²) < 4.78 is 5.43. The van der Waals surface area contributed by atoms with Gasteiger partial charge >= 0.3 is 6.03 Å². The number of amides is 2. The molecule has 1 aliphatic rings. The fourth-order valence-corrected chi connectivity index (χ4v) is 2.94. The van der Waals surface area contributed by atoms with E-state index in [2.05, 4.69) is 25.4 Å². The Morgan fingerprint density at radius 2 is 2.00 bits per heavy atom. The largest absolute Gasteiger partial charge is 0.378 e. The number of urea groups is 1. The lowest BCUT2D eigenvalue weighted by Gasteiger charge is -2.29. The zero-order valence-electron chi connectivity index (χ0n) is 14.3. The van der Waals surface area contributed by atoms with Gasteiger partial charge in [0, 0.05) is 20.1 Å². The minimum atomic E-state index is -0.317. The molecular formula is C17H19N7O2. The number of carbonyl (C=O) groups excluding carboxylic acids is 1. The molecule has 134 valence electrons. The fraction of sp³-hybridized carbons (Fsp3) is 0.294. The van der Waals surface area contributed by atoms with Crippen molar-refractivity contribution in [2.45, 2.75) is 0 Å². The predicted molar refractivity (Wildman–Crippen MR) is 97.8 cm³/mol. The number of benzene rings is 1. The van der Waals surface area contributed by atoms with Gasteiger partial charge in [0.05, 0.1) is 30.5 Å². The summed E-state index contributed by atoms with van der Waals surface area (Å²) in [5.74, 6) is 1.03. The average Bonchev–Trinajstić information content (AvgIpc) is 3.17. The molecule has 2 aromatic heterocycles. The Morgan fingerprint density at radius 1 is 1.23 bits per heavy atom. The highest BCUT2D eigenvalue weighted by molar-refractivity contribution is 5.99. The van der Waals surface area contributed by atoms with Crippen LogP contribution in [0.5, 0.6) is 0 Å². The van der Waals surface area contributed by atoms with E-state index in [-0.39, 0.29) is 12.0 Å². The number of morpholine rings is 1. The quantitative estimate of drug-likeness (QED) is 0.743. The van der Waals surface area contributed by atoms with Gasteiger partial charge in [-0.2, -0.15) is 15.1 Å². The molecule has 1 aliphatic heterocycles. The Hall–Kier alpha value is -3.20. The van der Waals surface area contributed by atoms with Crippen molar-refractivity contribution in [2.24, 2.45) is 0 Å². The summed E-state index contributed by atoms with van der Waals surface area (Å²) in [5, 5.41) is 10.4. The Labute approximate surface area is 150 Å². The number of hydrogen-bond donors (Lipinski definition) is 2. The molecule has 4 rings (SSSR count). The van der Waals surface area contributed by atoms with E-state index < -0.39 is 0 Å². The molecule has 0 spiro atoms. The molecule has 26 heavy (non-hydrogen) atoms. The summed E-state index contributed by atoms with van der Waals surface area (Å²) in [6, 6.07) is 8.98. The molecular weight excluding hydrogens is 334 g/mol. The lowest BCUT2D eigenvalue weighted by molar-refractivity contribution is 0.122. The second kappa shape index (κ2) is 6.96. The van der Waals surface area contributed by atoms with Gasteiger partial charge in [0.1, 0.15) is 5.82 Å². The Balaban J connectivity index is 1.85. The van der Waals surface area contributed by atoms with Crippen molar-refractivity contribution in [3.8, 4) is 0 Å². The summed E-state index contributed by atoms with van der Waals surface area (Å²) in [7, 11) is 1.58. The fourth-order valence-electron chi connectivity index (χ4n) is 2.94. The molecule has 2 amide bonds. The number of para-hydroxylation sites is 1. The first kappa shape index (κ1) is 16.3. The molecule has 0 atom stereocenters. The SMILES string of the molecule is CNC(=O)N(c1ccccc1)c1nc(N2CCOCC2)c2cn[nH]c2n1. The monoisotopic (exact) mass is 353 g/mol. The van der Waals surface area contributed by atoms with Gasteiger partial charge in [-0.3, -0.25) is 5.10 Å². The van der Waals surface area contributed by atoms with E-state index in [1.807, 2.05) is 30.3 Å². The second-order valence-electron chi connectivity index (χ2n) is 5.81. The normalized spacial score (nSPS) is 14.4. The van der Waals surface area contributed by atoms with E-state index in [4.69, 9.17) is 9.72 Å². The molecule has 9 heteroatoms. The molecule has 1 aromatic carbocycles. The molecule has 3 aromatic rings. The van der Waals surface area contributed by atoms with Gasteiger partial charge < -0.3 is 15.0 Å². The van der Waals surface area contributed by atoms with Crippen molar-refractivity contribution in [2.75, 3.05) is 43.2 Å². The van der Waals surface area contributed by atoms with Crippen LogP contribution in [0.25, 0.3) is 11.0 Å². The van der Waals surface area contributed by atoms with Gasteiger partial charge in [-0.1, -0.05) is 18.2 Å². The predicted octanol–water partition coefficient (Wildman–Crippen LogP) is 1.67. The highest BCUT2D eigenvalue weighted by atomic mass is 16.5. The van der Waals surface area contributed by atoms with Crippen molar-refractivity contribution < 1.29 is 9.53 Å². The molecule has 0 radical (unpaired) electrons. The molecule has 0 aliphatic carbocycles. The number of H-pyrrole nitrogens is 1. The number of hydrogen-bond acceptors (Lipinski definition) is 6. The van der Waals surface area contributed by atoms with Crippen LogP contribution in [0.1, 0.15) is 0 Å². The van der Waals surface area contributed by atoms with E-state index in [0.29, 0.717) is 24.5 Å². The number of rotatable bonds is 3. The standard InChI is InChI=1S/C17H19N7O2/c1-18-17(25)24(12-5-3-2-4-6-12)16-20-14-13(11-19-22-14)15(21-16)23-7-9-26-10-8-23/h2-6,11H,7-10H2,1H3,(H,18,25)(H,19,20,21,22). The van der Waals surface area contributed by atoms with Gasteiger partial charge in [-0.05, 0) is 12.1 Å². The summed E-state index contributed by atoms with van der Waals surface area (Å²) in [5.41, 5.74) is 1.26. The summed E-state index contributed by atoms with van der Waals surface area (Å²) in [4.78, 5) is 25.3. The van der Waals surface area contributed by atoms with Crippen LogP contribution < -0.4 is 15.1 Å². The van der Waals surface area contributed by atoms with Crippen LogP contribution in [-0.4, -0.2) is 59.5 Å². The molecule has 1 saturated heterocycles. The summed E-state index contributed by atoms with van der Waals surface area (Å²) >= 11 is 0. The Kier molecular flexibility index (Phi) is 4.36. The first-order valence-electron chi connectivity index (χ1n) is 8.38. The van der Waals surface area contributed by atoms with Crippen molar-refractivity contribution in [3.05, 3.63) is 36.5 Å². The lowest BCUT2D eigenvalue weighted by atomic mass is 10.3. The minimum Gasteiger partial charge on any atom is -0.378 e. The molecule has 9 nitrogen and oxygen atoms in total. The molecule has 0 saturated carbocycles. The van der Waals surface area contributed by atoms with Crippen LogP contribution in [0.2, 0.25) is 0 Å². The number of ether oxygens (including phenoxy) is 1. The number of aromatic amines is 1. The maximum atomic E-state index is 12.6. The topological polar surface area (TPSA) is 99.3 Å². The first-order chi connectivity index (χ1) is 12.8. The van der Waals surface area contributed by atoms with Crippen molar-refractivity contribution in [1.29, 1.82) is 0 Å². The number of carbonyl (C=O) groups is 1. The van der Waals surface area contributed by atoms with Gasteiger partial charge in [-0.25, -0.2) is 9.69 Å². The maximum Gasteiger partial charge on any atom is 0.328 e. The third kappa shape index (κ3) is 2.93. The number of nitrogens with one attached hydrogen (secondary N) is 2. The molecule has 3 heterocycles. The van der Waals surface area contributed by atoms with Crippen LogP contribution in [0.15, 0.2) is 36.5 Å². The van der Waals surface area contributed by atoms with E-state index in [1.165, 1.54) is 4.90 Å². The smallest absolute Gasteiger partial charge is 0.328 e. The van der Waals surface area contributed by atoms with Crippen molar-refractivity contribution >= 4 is 34.5 Å². The first-order valence-corrected chi connectivity index (χ1v) is 8.38. The minimum absolute atomic E-state index is 0.286. The lowest BCUT2D eigenvalue weighted by Crippen LogP contribution is -2.38. The van der Waals surface area contributed by atoms with E-state index in [1.54, 1.807) is 13.2 Å². The maximum absolute atomic E-state index is 12.6. The van der Waals surface area contributed by atoms with Crippen LogP contribution in [0, 0.1) is 0 Å². The highest BCUT2D eigenvalue weighted by Gasteiger charge is 2.24. The Bertz CT molecular complexity index is 906. The summed E-state index contributed by atoms with van der Waals surface area (Å²) in [6.07, 6.45) is 1.71. The van der Waals surface area contributed by atoms with Gasteiger partial charge in [0.25, 0.3) is 0 Å². The van der Waals surface area contributed by atoms with Gasteiger partial charge in [-0.15, -0.1) is 0 Å². The van der Waals surface area contributed by atoms with Crippen LogP contribution in [0.3, 0.4) is 0 Å². The zero-order chi connectivity index (χ0) is 17.9. The number of nitrogens with zero attached hydrogens (tertiary/aromatic N) is 5. The Morgan fingerprint density at radius 3 is 2.73 bits per heavy atom. The van der Waals surface area contributed by atoms with Gasteiger partial charge in [0.15, 0.2) is 5.65 Å². The molecule has 0 unspecified atom stereocenters. The van der Waals surface area contributed by atoms with Crippen molar-refractivity contribution in [1.82, 2.24) is 25.5 Å². The highest BCUT2D eigenvalue weighted by Crippen LogP contribution is 2.29. The van der Waals surface area contributed by atoms with Crippen molar-refractivity contribution in [3.63, 3.8) is 0 Å². The zero-order valence-corrected chi connectivity index (χ0v) is 14.3. The third-order valence-electron chi connectivity index (χ3n) is 4.22. The third-order valence-corrected chi connectivity index (χ3v) is 4.22. The van der Waals surface area contributed by atoms with Gasteiger partial charge in [0.2, 0.25) is 5.95 Å². The number of fused-ring (bicyclic) bond motifs is 1. The average molecular weight is 353 g/mol.